The number of nitrogens with two attached hydrogens (primary N) is 1. The summed E-state index contributed by atoms with van der Waals surface area (Å²) in [6, 6.07) is 0. The van der Waals surface area contributed by atoms with Crippen molar-refractivity contribution in [2.45, 2.75) is 160 Å². The van der Waals surface area contributed by atoms with Crippen molar-refractivity contribution in [3.63, 3.8) is 0 Å². The number of rotatable bonds is 36. The molecule has 1 aliphatic rings. The molecule has 2 aromatic rings. The lowest BCUT2D eigenvalue weighted by Gasteiger charge is -2.30. The summed E-state index contributed by atoms with van der Waals surface area (Å²) in [5.74, 6) is -1.23. The summed E-state index contributed by atoms with van der Waals surface area (Å²) in [6.45, 7) is 2.62. The van der Waals surface area contributed by atoms with Crippen LogP contribution in [0.1, 0.15) is 130 Å². The van der Waals surface area contributed by atoms with Gasteiger partial charge in [-0.2, -0.15) is 4.31 Å². The molecule has 2 unspecified atom stereocenters. The number of aromatic nitrogens is 4. The van der Waals surface area contributed by atoms with Gasteiger partial charge in [0.2, 0.25) is 11.8 Å². The van der Waals surface area contributed by atoms with Crippen LogP contribution in [0.25, 0.3) is 11.2 Å². The molecule has 0 saturated carbocycles. The number of phosphoric ester groups is 3. The predicted octanol–water partition coefficient (Wildman–Crippen LogP) is 4.45. The number of nitrogen functional groups attached to an aromatic ring is 1. The third-order valence-electron chi connectivity index (χ3n) is 11.0. The molecule has 0 aliphatic carbocycles. The van der Waals surface area contributed by atoms with E-state index in [4.69, 9.17) is 19.5 Å². The van der Waals surface area contributed by atoms with E-state index in [1.807, 2.05) is 0 Å². The van der Waals surface area contributed by atoms with Gasteiger partial charge < -0.3 is 56.0 Å². The molecule has 2 amide bonds. The van der Waals surface area contributed by atoms with Crippen LogP contribution in [0, 0.1) is 5.41 Å². The second-order valence-corrected chi connectivity index (χ2v) is 22.9. The van der Waals surface area contributed by atoms with Crippen LogP contribution in [0.3, 0.4) is 0 Å². The number of nitrogens with zero attached hydrogens (tertiary/aromatic N) is 4. The number of aliphatic hydroxyl groups excluding tert-OH is 3. The van der Waals surface area contributed by atoms with Crippen molar-refractivity contribution >= 4 is 69.1 Å². The zero-order valence-corrected chi connectivity index (χ0v) is 43.4. The SMILES string of the molecule is CCCCCCCC/C=C\CCCCCCC[C@H](O)CC(=O)SCCNC(=O)CCNC(=O)[C@H](O)C(C)(C)COP(=O)(O)OP(=O)(O)OC[C@H]1O[C@@H](n2cnc3c(N)ncnc32)[C@H](O)[C@@H]1OP(=O)(O)O. The quantitative estimate of drug-likeness (QED) is 0.0256. The second kappa shape index (κ2) is 30.5. The van der Waals surface area contributed by atoms with Crippen molar-refractivity contribution in [3.05, 3.63) is 24.8 Å². The molecular weight excluding hydrogens is 1000 g/mol. The average Bonchev–Trinajstić information content (AvgIpc) is 3.84. The summed E-state index contributed by atoms with van der Waals surface area (Å²) in [4.78, 5) is 88.5. The van der Waals surface area contributed by atoms with Crippen molar-refractivity contribution in [2.24, 2.45) is 5.41 Å². The first kappa shape index (κ1) is 61.6. The van der Waals surface area contributed by atoms with Crippen LogP contribution in [0.2, 0.25) is 0 Å². The zero-order chi connectivity index (χ0) is 52.0. The van der Waals surface area contributed by atoms with Gasteiger partial charge in [-0.3, -0.25) is 32.5 Å². The van der Waals surface area contributed by atoms with E-state index >= 15 is 0 Å². The smallest absolute Gasteiger partial charge is 0.393 e. The highest BCUT2D eigenvalue weighted by Crippen LogP contribution is 2.61. The monoisotopic (exact) mass is 1080 g/mol. The lowest BCUT2D eigenvalue weighted by Crippen LogP contribution is -2.46. The molecule has 2 aromatic heterocycles. The minimum absolute atomic E-state index is 0.0178. The minimum atomic E-state index is -5.59. The topological polar surface area (TPSA) is 384 Å². The van der Waals surface area contributed by atoms with E-state index in [1.54, 1.807) is 0 Å². The average molecular weight is 1080 g/mol. The number of anilines is 1. The number of aliphatic hydroxyl groups is 3. The summed E-state index contributed by atoms with van der Waals surface area (Å²) >= 11 is 0.996. The third kappa shape index (κ3) is 23.0. The Hall–Kier alpha value is -2.74. The predicted molar refractivity (Wildman–Crippen MR) is 257 cm³/mol. The highest BCUT2D eigenvalue weighted by Gasteiger charge is 2.50. The zero-order valence-electron chi connectivity index (χ0n) is 39.9. The standard InChI is InChI=1S/C41H72N7O18P3S/c1-4-5-6-7-8-9-10-11-12-13-14-15-16-17-18-19-29(49)24-32(51)70-23-22-43-31(50)20-21-44-39(54)36(53)41(2,3)26-63-69(60,61)66-68(58,59)62-25-30-35(65-67(55,56)57)34(52)40(64-30)48-28-47-33-37(42)45-27-46-38(33)48/h11-12,27-30,34-36,40,49,52-53H,4-10,13-26H2,1-3H3,(H,43,50)(H,44,54)(H,58,59)(H,60,61)(H2,42,45,46)(H2,55,56,57)/b12-11-/t29-,30+,34+,35+,36-,40+/m0/s1. The highest BCUT2D eigenvalue weighted by atomic mass is 32.2. The fraction of sp³-hybridized carbons (Fsp3) is 0.756. The van der Waals surface area contributed by atoms with E-state index in [9.17, 15) is 63.0 Å². The third-order valence-corrected chi connectivity index (χ3v) is 15.0. The van der Waals surface area contributed by atoms with E-state index in [2.05, 4.69) is 53.5 Å². The fourth-order valence-electron chi connectivity index (χ4n) is 7.10. The Morgan fingerprint density at radius 1 is 0.900 bits per heavy atom. The lowest BCUT2D eigenvalue weighted by atomic mass is 9.87. The maximum Gasteiger partial charge on any atom is 0.481 e. The van der Waals surface area contributed by atoms with E-state index in [0.717, 1.165) is 73.9 Å². The van der Waals surface area contributed by atoms with Crippen LogP contribution in [-0.4, -0.2) is 134 Å². The van der Waals surface area contributed by atoms with Crippen molar-refractivity contribution in [3.8, 4) is 0 Å². The number of carbonyl (C=O) groups excluding carboxylic acids is 3. The molecule has 11 N–H and O–H groups in total. The van der Waals surface area contributed by atoms with Gasteiger partial charge in [0.15, 0.2) is 22.8 Å². The molecule has 0 radical (unpaired) electrons. The number of nitrogens with one attached hydrogen (secondary N) is 2. The van der Waals surface area contributed by atoms with Crippen LogP contribution in [-0.2, 0) is 50.7 Å². The van der Waals surface area contributed by atoms with E-state index in [-0.39, 0.29) is 53.8 Å². The van der Waals surface area contributed by atoms with E-state index in [1.165, 1.54) is 52.4 Å². The number of amides is 2. The molecule has 0 spiro atoms. The molecule has 1 fully saturated rings. The molecule has 70 heavy (non-hydrogen) atoms. The second-order valence-electron chi connectivity index (χ2n) is 17.5. The normalized spacial score (nSPS) is 20.3. The van der Waals surface area contributed by atoms with Crippen LogP contribution < -0.4 is 16.4 Å². The maximum atomic E-state index is 12.8. The molecule has 0 aromatic carbocycles. The van der Waals surface area contributed by atoms with Crippen molar-refractivity contribution in [1.82, 2.24) is 30.2 Å². The number of fused-ring (bicyclic) bond motifs is 1. The fourth-order valence-corrected chi connectivity index (χ4v) is 10.7. The molecule has 0 bridgehead atoms. The van der Waals surface area contributed by atoms with Gasteiger partial charge in [0, 0.05) is 37.1 Å². The summed E-state index contributed by atoms with van der Waals surface area (Å²) in [5.41, 5.74) is 4.26. The first-order chi connectivity index (χ1) is 32.9. The molecule has 29 heteroatoms. The molecule has 1 saturated heterocycles. The Balaban J connectivity index is 1.29. The summed E-state index contributed by atoms with van der Waals surface area (Å²) < 4.78 is 62.4. The number of phosphoric acid groups is 3. The van der Waals surface area contributed by atoms with E-state index < -0.39 is 90.7 Å². The van der Waals surface area contributed by atoms with Gasteiger partial charge in [0.05, 0.1) is 25.6 Å². The number of thioether (sulfide) groups is 1. The summed E-state index contributed by atoms with van der Waals surface area (Å²) in [6.07, 6.45) is 12.7. The van der Waals surface area contributed by atoms with Crippen LogP contribution >= 0.6 is 35.2 Å². The number of hydrogen-bond acceptors (Lipinski definition) is 19. The number of carbonyl (C=O) groups is 3. The molecule has 25 nitrogen and oxygen atoms in total. The van der Waals surface area contributed by atoms with Gasteiger partial charge in [-0.05, 0) is 32.1 Å². The Labute approximate surface area is 411 Å². The highest BCUT2D eigenvalue weighted by molar-refractivity contribution is 8.13. The molecular formula is C41H72N7O18P3S. The number of hydrogen-bond donors (Lipinski definition) is 10. The van der Waals surface area contributed by atoms with Gasteiger partial charge in [0.1, 0.15) is 36.3 Å². The first-order valence-corrected chi connectivity index (χ1v) is 28.8. The van der Waals surface area contributed by atoms with Crippen molar-refractivity contribution in [2.75, 3.05) is 37.8 Å². The summed E-state index contributed by atoms with van der Waals surface area (Å²) in [7, 11) is -16.4. The van der Waals surface area contributed by atoms with Gasteiger partial charge in [-0.1, -0.05) is 102 Å². The molecule has 3 heterocycles. The molecule has 3 rings (SSSR count). The Kier molecular flexibility index (Phi) is 26.8. The maximum absolute atomic E-state index is 12.8. The number of allylic oxidation sites excluding steroid dienone is 2. The minimum Gasteiger partial charge on any atom is -0.393 e. The first-order valence-electron chi connectivity index (χ1n) is 23.3. The molecule has 1 aliphatic heterocycles. The Bertz CT molecular complexity index is 2120. The van der Waals surface area contributed by atoms with Gasteiger partial charge in [-0.15, -0.1) is 0 Å². The Morgan fingerprint density at radius 2 is 1.53 bits per heavy atom. The van der Waals surface area contributed by atoms with Crippen LogP contribution in [0.4, 0.5) is 5.82 Å². The van der Waals surface area contributed by atoms with Gasteiger partial charge in [0.25, 0.3) is 0 Å². The van der Waals surface area contributed by atoms with Crippen molar-refractivity contribution < 1.29 is 85.6 Å². The number of imidazole rings is 1. The number of ether oxygens (including phenoxy) is 1. The van der Waals surface area contributed by atoms with Crippen molar-refractivity contribution in [1.29, 1.82) is 0 Å². The van der Waals surface area contributed by atoms with Gasteiger partial charge in [-0.25, -0.2) is 28.6 Å². The van der Waals surface area contributed by atoms with E-state index in [0.29, 0.717) is 6.42 Å². The largest absolute Gasteiger partial charge is 0.481 e. The molecule has 400 valence electrons. The number of unbranched alkanes of at least 4 members (excludes halogenated alkanes) is 11. The summed E-state index contributed by atoms with van der Waals surface area (Å²) in [5, 5.41) is 36.6. The van der Waals surface area contributed by atoms with Gasteiger partial charge >= 0.3 is 23.5 Å². The van der Waals surface area contributed by atoms with Crippen LogP contribution in [0.15, 0.2) is 24.8 Å². The van der Waals surface area contributed by atoms with Crippen LogP contribution in [0.5, 0.6) is 0 Å². The molecule has 8 atom stereocenters. The Morgan fingerprint density at radius 3 is 2.19 bits per heavy atom. The lowest BCUT2D eigenvalue weighted by molar-refractivity contribution is -0.137.